The maximum atomic E-state index is 10.6. The third-order valence-electron chi connectivity index (χ3n) is 4.07. The van der Waals surface area contributed by atoms with Crippen LogP contribution in [0.15, 0.2) is 30.3 Å². The first kappa shape index (κ1) is 15.5. The van der Waals surface area contributed by atoms with Crippen LogP contribution in [0.5, 0.6) is 0 Å². The molecule has 20 heavy (non-hydrogen) atoms. The molecule has 0 bridgehead atoms. The lowest BCUT2D eigenvalue weighted by molar-refractivity contribution is 0.0112. The molecule has 1 fully saturated rings. The van der Waals surface area contributed by atoms with Crippen molar-refractivity contribution in [2.75, 3.05) is 26.7 Å². The average molecular weight is 277 g/mol. The minimum Gasteiger partial charge on any atom is -0.388 e. The Hall–Kier alpha value is -0.900. The highest BCUT2D eigenvalue weighted by Gasteiger charge is 2.31. The number of hydrogen-bond donors (Lipinski definition) is 1. The Morgan fingerprint density at radius 2 is 2.05 bits per heavy atom. The lowest BCUT2D eigenvalue weighted by Crippen LogP contribution is -2.39. The Labute approximate surface area is 122 Å². The van der Waals surface area contributed by atoms with E-state index in [1.54, 1.807) is 0 Å². The lowest BCUT2D eigenvalue weighted by atomic mass is 9.82. The van der Waals surface area contributed by atoms with Crippen LogP contribution in [0.25, 0.3) is 0 Å². The van der Waals surface area contributed by atoms with E-state index in [0.717, 1.165) is 31.7 Å². The Kier molecular flexibility index (Phi) is 5.19. The van der Waals surface area contributed by atoms with Gasteiger partial charge < -0.3 is 14.7 Å². The molecule has 1 N–H and O–H groups in total. The molecular formula is C17H27NO2. The van der Waals surface area contributed by atoms with Gasteiger partial charge >= 0.3 is 0 Å². The van der Waals surface area contributed by atoms with Gasteiger partial charge in [0.25, 0.3) is 0 Å². The number of benzene rings is 1. The molecule has 0 saturated carbocycles. The molecule has 1 saturated heterocycles. The molecule has 1 aromatic carbocycles. The molecule has 0 radical (unpaired) electrons. The van der Waals surface area contributed by atoms with Crippen molar-refractivity contribution in [3.8, 4) is 0 Å². The van der Waals surface area contributed by atoms with Gasteiger partial charge in [-0.15, -0.1) is 0 Å². The summed E-state index contributed by atoms with van der Waals surface area (Å²) in [6.45, 7) is 6.94. The van der Waals surface area contributed by atoms with Gasteiger partial charge in [-0.25, -0.2) is 0 Å². The molecule has 1 aromatic rings. The van der Waals surface area contributed by atoms with Crippen molar-refractivity contribution in [2.45, 2.75) is 38.9 Å². The largest absolute Gasteiger partial charge is 0.388 e. The first-order valence-electron chi connectivity index (χ1n) is 7.52. The van der Waals surface area contributed by atoms with E-state index < -0.39 is 6.10 Å². The van der Waals surface area contributed by atoms with Crippen molar-refractivity contribution in [3.05, 3.63) is 35.9 Å². The summed E-state index contributed by atoms with van der Waals surface area (Å²) < 4.78 is 5.68. The number of aliphatic hydroxyl groups excluding tert-OH is 1. The fourth-order valence-corrected chi connectivity index (χ4v) is 3.07. The number of aliphatic hydroxyl groups is 1. The van der Waals surface area contributed by atoms with Crippen LogP contribution in [0.1, 0.15) is 38.4 Å². The topological polar surface area (TPSA) is 32.7 Å². The van der Waals surface area contributed by atoms with Gasteiger partial charge in [0.15, 0.2) is 0 Å². The SMILES string of the molecule is CN(CC1CCCO1)CC(C)(C)C(O)c1ccccc1. The predicted molar refractivity (Wildman–Crippen MR) is 81.7 cm³/mol. The fraction of sp³-hybridized carbons (Fsp3) is 0.647. The number of hydrogen-bond acceptors (Lipinski definition) is 3. The van der Waals surface area contributed by atoms with Crippen LogP contribution >= 0.6 is 0 Å². The summed E-state index contributed by atoms with van der Waals surface area (Å²) in [6, 6.07) is 9.92. The van der Waals surface area contributed by atoms with Gasteiger partial charge in [-0.3, -0.25) is 0 Å². The van der Waals surface area contributed by atoms with Crippen LogP contribution in [-0.2, 0) is 4.74 Å². The standard InChI is InChI=1S/C17H27NO2/c1-17(2,16(19)14-8-5-4-6-9-14)13-18(3)12-15-10-7-11-20-15/h4-6,8-9,15-16,19H,7,10-13H2,1-3H3. The minimum atomic E-state index is -0.448. The third kappa shape index (κ3) is 4.05. The van der Waals surface area contributed by atoms with Crippen molar-refractivity contribution in [1.82, 2.24) is 4.90 Å². The van der Waals surface area contributed by atoms with Gasteiger partial charge in [-0.1, -0.05) is 44.2 Å². The zero-order valence-electron chi connectivity index (χ0n) is 12.9. The molecule has 2 atom stereocenters. The van der Waals surface area contributed by atoms with E-state index in [0.29, 0.717) is 6.10 Å². The van der Waals surface area contributed by atoms with Crippen molar-refractivity contribution in [2.24, 2.45) is 5.41 Å². The Morgan fingerprint density at radius 3 is 2.65 bits per heavy atom. The highest BCUT2D eigenvalue weighted by Crippen LogP contribution is 2.34. The molecule has 0 spiro atoms. The van der Waals surface area contributed by atoms with E-state index in [2.05, 4.69) is 25.8 Å². The second kappa shape index (κ2) is 6.70. The summed E-state index contributed by atoms with van der Waals surface area (Å²) in [4.78, 5) is 2.28. The summed E-state index contributed by atoms with van der Waals surface area (Å²) in [6.07, 6.45) is 2.25. The average Bonchev–Trinajstić information content (AvgIpc) is 2.91. The van der Waals surface area contributed by atoms with E-state index in [9.17, 15) is 5.11 Å². The Balaban J connectivity index is 1.91. The molecule has 112 valence electrons. The van der Waals surface area contributed by atoms with Gasteiger partial charge in [-0.2, -0.15) is 0 Å². The van der Waals surface area contributed by atoms with Gasteiger partial charge in [0, 0.05) is 25.1 Å². The van der Waals surface area contributed by atoms with E-state index in [1.165, 1.54) is 6.42 Å². The summed E-state index contributed by atoms with van der Waals surface area (Å²) >= 11 is 0. The van der Waals surface area contributed by atoms with Gasteiger partial charge in [0.2, 0.25) is 0 Å². The summed E-state index contributed by atoms with van der Waals surface area (Å²) in [5.74, 6) is 0. The highest BCUT2D eigenvalue weighted by atomic mass is 16.5. The van der Waals surface area contributed by atoms with E-state index in [1.807, 2.05) is 30.3 Å². The molecule has 0 aliphatic carbocycles. The second-order valence-corrected chi connectivity index (χ2v) is 6.63. The summed E-state index contributed by atoms with van der Waals surface area (Å²) in [7, 11) is 2.11. The summed E-state index contributed by atoms with van der Waals surface area (Å²) in [5.41, 5.74) is 0.803. The Bertz CT molecular complexity index is 399. The van der Waals surface area contributed by atoms with Crippen LogP contribution < -0.4 is 0 Å². The quantitative estimate of drug-likeness (QED) is 0.868. The van der Waals surface area contributed by atoms with Crippen molar-refractivity contribution >= 4 is 0 Å². The van der Waals surface area contributed by atoms with Crippen LogP contribution in [-0.4, -0.2) is 42.9 Å². The molecule has 1 heterocycles. The molecular weight excluding hydrogens is 250 g/mol. The lowest BCUT2D eigenvalue weighted by Gasteiger charge is -2.35. The molecule has 2 rings (SSSR count). The number of ether oxygens (including phenoxy) is 1. The first-order chi connectivity index (χ1) is 9.49. The maximum absolute atomic E-state index is 10.6. The molecule has 3 nitrogen and oxygen atoms in total. The Morgan fingerprint density at radius 1 is 1.35 bits per heavy atom. The van der Waals surface area contributed by atoms with E-state index >= 15 is 0 Å². The fourth-order valence-electron chi connectivity index (χ4n) is 3.07. The van der Waals surface area contributed by atoms with Crippen LogP contribution in [0.2, 0.25) is 0 Å². The third-order valence-corrected chi connectivity index (χ3v) is 4.07. The first-order valence-corrected chi connectivity index (χ1v) is 7.52. The zero-order chi connectivity index (χ0) is 14.6. The highest BCUT2D eigenvalue weighted by molar-refractivity contribution is 5.19. The molecule has 3 heteroatoms. The maximum Gasteiger partial charge on any atom is 0.0853 e. The monoisotopic (exact) mass is 277 g/mol. The van der Waals surface area contributed by atoms with Gasteiger partial charge in [0.1, 0.15) is 0 Å². The molecule has 1 aliphatic heterocycles. The smallest absolute Gasteiger partial charge is 0.0853 e. The van der Waals surface area contributed by atoms with Gasteiger partial charge in [-0.05, 0) is 25.5 Å². The van der Waals surface area contributed by atoms with Crippen LogP contribution in [0, 0.1) is 5.41 Å². The molecule has 1 aliphatic rings. The van der Waals surface area contributed by atoms with E-state index in [-0.39, 0.29) is 5.41 Å². The molecule has 2 unspecified atom stereocenters. The van der Waals surface area contributed by atoms with Gasteiger partial charge in [0.05, 0.1) is 12.2 Å². The van der Waals surface area contributed by atoms with Crippen molar-refractivity contribution in [1.29, 1.82) is 0 Å². The van der Waals surface area contributed by atoms with Crippen LogP contribution in [0.3, 0.4) is 0 Å². The van der Waals surface area contributed by atoms with Crippen molar-refractivity contribution in [3.63, 3.8) is 0 Å². The van der Waals surface area contributed by atoms with Crippen molar-refractivity contribution < 1.29 is 9.84 Å². The molecule has 0 aromatic heterocycles. The number of likely N-dealkylation sites (N-methyl/N-ethyl adjacent to an activating group) is 1. The zero-order valence-corrected chi connectivity index (χ0v) is 12.9. The minimum absolute atomic E-state index is 0.186. The van der Waals surface area contributed by atoms with Crippen LogP contribution in [0.4, 0.5) is 0 Å². The van der Waals surface area contributed by atoms with E-state index in [4.69, 9.17) is 4.74 Å². The second-order valence-electron chi connectivity index (χ2n) is 6.63. The molecule has 0 amide bonds. The predicted octanol–water partition coefficient (Wildman–Crippen LogP) is 2.86. The number of nitrogens with zero attached hydrogens (tertiary/aromatic N) is 1. The summed E-state index contributed by atoms with van der Waals surface area (Å²) in [5, 5.41) is 10.6. The number of rotatable bonds is 6. The normalized spacial score (nSPS) is 21.4.